The van der Waals surface area contributed by atoms with Gasteiger partial charge in [-0.25, -0.2) is 4.68 Å². The third-order valence-electron chi connectivity index (χ3n) is 5.94. The van der Waals surface area contributed by atoms with Gasteiger partial charge in [0, 0.05) is 43.6 Å². The minimum atomic E-state index is -4.76. The Hall–Kier alpha value is -3.31. The van der Waals surface area contributed by atoms with E-state index in [1.54, 1.807) is 6.07 Å². The van der Waals surface area contributed by atoms with Gasteiger partial charge in [-0.15, -0.1) is 18.3 Å². The van der Waals surface area contributed by atoms with Gasteiger partial charge >= 0.3 is 6.36 Å². The van der Waals surface area contributed by atoms with Gasteiger partial charge < -0.3 is 19.7 Å². The summed E-state index contributed by atoms with van der Waals surface area (Å²) in [5.41, 5.74) is 3.48. The first-order chi connectivity index (χ1) is 16.3. The minimum Gasteiger partial charge on any atom is -0.406 e. The molecule has 2 aromatic carbocycles. The lowest BCUT2D eigenvalue weighted by Gasteiger charge is -2.43. The van der Waals surface area contributed by atoms with E-state index >= 15 is 0 Å². The molecule has 2 saturated heterocycles. The number of ether oxygens (including phenoxy) is 2. The highest BCUT2D eigenvalue weighted by Gasteiger charge is 2.31. The monoisotopic (exact) mass is 474 g/mol. The lowest BCUT2D eigenvalue weighted by Crippen LogP contribution is -2.56. The number of aryl methyl sites for hydroxylation is 1. The van der Waals surface area contributed by atoms with E-state index in [2.05, 4.69) is 42.1 Å². The Labute approximate surface area is 194 Å². The number of hydrogen-bond donors (Lipinski definition) is 1. The number of benzene rings is 2. The molecule has 0 saturated carbocycles. The van der Waals surface area contributed by atoms with Crippen LogP contribution < -0.4 is 15.0 Å². The number of aromatic nitrogens is 3. The molecule has 0 radical (unpaired) electrons. The molecule has 0 amide bonds. The molecule has 0 spiro atoms. The molecule has 11 heteroatoms. The maximum Gasteiger partial charge on any atom is 0.573 e. The Morgan fingerprint density at radius 2 is 1.82 bits per heavy atom. The number of anilines is 3. The SMILES string of the molecule is Cc1cc(Nc2ncn(-c3cccc(OC(F)(F)F)c3)n2)cc(N2CCN(C3COC3)CC2)c1. The Balaban J connectivity index is 1.27. The maximum absolute atomic E-state index is 12.5. The second kappa shape index (κ2) is 9.15. The van der Waals surface area contributed by atoms with Gasteiger partial charge in [0.25, 0.3) is 0 Å². The number of piperazine rings is 1. The van der Waals surface area contributed by atoms with Crippen LogP contribution in [0.2, 0.25) is 0 Å². The highest BCUT2D eigenvalue weighted by Crippen LogP contribution is 2.27. The molecule has 1 N–H and O–H groups in total. The largest absolute Gasteiger partial charge is 0.573 e. The second-order valence-electron chi connectivity index (χ2n) is 8.45. The van der Waals surface area contributed by atoms with Gasteiger partial charge in [0.15, 0.2) is 0 Å². The van der Waals surface area contributed by atoms with Crippen molar-refractivity contribution in [2.75, 3.05) is 49.6 Å². The van der Waals surface area contributed by atoms with E-state index in [0.717, 1.165) is 56.3 Å². The molecule has 2 aliphatic heterocycles. The summed E-state index contributed by atoms with van der Waals surface area (Å²) in [5, 5.41) is 7.56. The number of nitrogens with zero attached hydrogens (tertiary/aromatic N) is 5. The Morgan fingerprint density at radius 3 is 2.53 bits per heavy atom. The van der Waals surface area contributed by atoms with Crippen LogP contribution in [-0.4, -0.2) is 71.5 Å². The average molecular weight is 474 g/mol. The molecule has 0 bridgehead atoms. The lowest BCUT2D eigenvalue weighted by atomic mass is 10.1. The third kappa shape index (κ3) is 5.26. The molecular formula is C23H25F3N6O2. The number of nitrogens with one attached hydrogen (secondary N) is 1. The van der Waals surface area contributed by atoms with Crippen LogP contribution in [0.1, 0.15) is 5.56 Å². The van der Waals surface area contributed by atoms with E-state index in [-0.39, 0.29) is 5.75 Å². The zero-order valence-corrected chi connectivity index (χ0v) is 18.6. The van der Waals surface area contributed by atoms with E-state index in [0.29, 0.717) is 17.7 Å². The first kappa shape index (κ1) is 22.5. The van der Waals surface area contributed by atoms with Crippen LogP contribution in [-0.2, 0) is 4.74 Å². The topological polar surface area (TPSA) is 67.7 Å². The van der Waals surface area contributed by atoms with E-state index in [4.69, 9.17) is 4.74 Å². The molecule has 8 nitrogen and oxygen atoms in total. The lowest BCUT2D eigenvalue weighted by molar-refractivity contribution is -0.274. The van der Waals surface area contributed by atoms with Gasteiger partial charge in [-0.05, 0) is 42.8 Å². The van der Waals surface area contributed by atoms with Crippen LogP contribution >= 0.6 is 0 Å². The Morgan fingerprint density at radius 1 is 1.03 bits per heavy atom. The summed E-state index contributed by atoms with van der Waals surface area (Å²) in [5.74, 6) is 0.0248. The van der Waals surface area contributed by atoms with Gasteiger partial charge in [0.05, 0.1) is 24.9 Å². The smallest absolute Gasteiger partial charge is 0.406 e. The molecule has 2 fully saturated rings. The highest BCUT2D eigenvalue weighted by atomic mass is 19.4. The first-order valence-electron chi connectivity index (χ1n) is 11.1. The van der Waals surface area contributed by atoms with Crippen molar-refractivity contribution in [2.45, 2.75) is 19.3 Å². The first-order valence-corrected chi connectivity index (χ1v) is 11.1. The van der Waals surface area contributed by atoms with Crippen molar-refractivity contribution < 1.29 is 22.6 Å². The summed E-state index contributed by atoms with van der Waals surface area (Å²) in [7, 11) is 0. The van der Waals surface area contributed by atoms with Crippen LogP contribution in [0.25, 0.3) is 5.69 Å². The summed E-state index contributed by atoms with van der Waals surface area (Å²) >= 11 is 0. The summed E-state index contributed by atoms with van der Waals surface area (Å²) in [4.78, 5) is 9.11. The highest BCUT2D eigenvalue weighted by molar-refractivity contribution is 5.64. The van der Waals surface area contributed by atoms with Gasteiger partial charge in [-0.1, -0.05) is 6.07 Å². The minimum absolute atomic E-state index is 0.316. The summed E-state index contributed by atoms with van der Waals surface area (Å²) in [6.45, 7) is 7.61. The van der Waals surface area contributed by atoms with Gasteiger partial charge in [0.1, 0.15) is 12.1 Å². The van der Waals surface area contributed by atoms with Gasteiger partial charge in [-0.3, -0.25) is 4.90 Å². The summed E-state index contributed by atoms with van der Waals surface area (Å²) in [6.07, 6.45) is -3.32. The van der Waals surface area contributed by atoms with Crippen molar-refractivity contribution in [1.82, 2.24) is 19.7 Å². The van der Waals surface area contributed by atoms with Crippen LogP contribution in [0, 0.1) is 6.92 Å². The molecule has 2 aliphatic rings. The van der Waals surface area contributed by atoms with Crippen molar-refractivity contribution in [3.8, 4) is 11.4 Å². The molecule has 3 aromatic rings. The molecule has 34 heavy (non-hydrogen) atoms. The van der Waals surface area contributed by atoms with Crippen LogP contribution in [0.15, 0.2) is 48.8 Å². The summed E-state index contributed by atoms with van der Waals surface area (Å²) < 4.78 is 48.2. The standard InChI is InChI=1S/C23H25F3N6O2/c1-16-9-17(11-19(10-16)30-5-7-31(8-6-30)20-13-33-14-20)28-22-27-15-32(29-22)18-3-2-4-21(12-18)34-23(24,25)26/h2-4,9-12,15,20H,5-8,13-14H2,1H3,(H,28,29). The van der Waals surface area contributed by atoms with E-state index in [9.17, 15) is 13.2 Å². The predicted molar refractivity (Wildman–Crippen MR) is 121 cm³/mol. The average Bonchev–Trinajstić information content (AvgIpc) is 3.20. The molecule has 1 aromatic heterocycles. The zero-order chi connectivity index (χ0) is 23.7. The number of hydrogen-bond acceptors (Lipinski definition) is 7. The number of rotatable bonds is 6. The van der Waals surface area contributed by atoms with Crippen molar-refractivity contribution in [3.63, 3.8) is 0 Å². The summed E-state index contributed by atoms with van der Waals surface area (Å²) in [6, 6.07) is 12.4. The maximum atomic E-state index is 12.5. The van der Waals surface area contributed by atoms with E-state index in [1.165, 1.54) is 29.2 Å². The van der Waals surface area contributed by atoms with Crippen molar-refractivity contribution >= 4 is 17.3 Å². The molecule has 3 heterocycles. The number of halogens is 3. The van der Waals surface area contributed by atoms with E-state index in [1.807, 2.05) is 13.0 Å². The molecule has 0 unspecified atom stereocenters. The fraction of sp³-hybridized carbons (Fsp3) is 0.391. The molecule has 0 atom stereocenters. The van der Waals surface area contributed by atoms with Crippen LogP contribution in [0.5, 0.6) is 5.75 Å². The molecule has 5 rings (SSSR count). The number of alkyl halides is 3. The van der Waals surface area contributed by atoms with Crippen LogP contribution in [0.3, 0.4) is 0 Å². The third-order valence-corrected chi connectivity index (χ3v) is 5.94. The van der Waals surface area contributed by atoms with Crippen molar-refractivity contribution in [1.29, 1.82) is 0 Å². The van der Waals surface area contributed by atoms with Gasteiger partial charge in [-0.2, -0.15) is 4.98 Å². The zero-order valence-electron chi connectivity index (χ0n) is 18.6. The Bertz CT molecular complexity index is 1140. The van der Waals surface area contributed by atoms with Crippen LogP contribution in [0.4, 0.5) is 30.5 Å². The second-order valence-corrected chi connectivity index (χ2v) is 8.45. The predicted octanol–water partition coefficient (Wildman–Crippen LogP) is 3.74. The quantitative estimate of drug-likeness (QED) is 0.584. The Kier molecular flexibility index (Phi) is 6.05. The molecular weight excluding hydrogens is 449 g/mol. The van der Waals surface area contributed by atoms with Crippen molar-refractivity contribution in [2.24, 2.45) is 0 Å². The molecule has 180 valence electrons. The van der Waals surface area contributed by atoms with E-state index < -0.39 is 6.36 Å². The fourth-order valence-corrected chi connectivity index (χ4v) is 4.19. The normalized spacial score (nSPS) is 17.5. The van der Waals surface area contributed by atoms with Gasteiger partial charge in [0.2, 0.25) is 5.95 Å². The molecule has 0 aliphatic carbocycles. The van der Waals surface area contributed by atoms with Crippen molar-refractivity contribution in [3.05, 3.63) is 54.4 Å². The fourth-order valence-electron chi connectivity index (χ4n) is 4.19.